The molecule has 1 saturated heterocycles. The van der Waals surface area contributed by atoms with Crippen molar-refractivity contribution in [3.8, 4) is 0 Å². The maximum atomic E-state index is 12.6. The molecular weight excluding hydrogens is 373 g/mol. The predicted molar refractivity (Wildman–Crippen MR) is 103 cm³/mol. The smallest absolute Gasteiger partial charge is 0.251 e. The Hall–Kier alpha value is -2.31. The molecule has 4 rings (SSSR count). The fourth-order valence-corrected chi connectivity index (χ4v) is 3.64. The first-order chi connectivity index (χ1) is 12.4. The summed E-state index contributed by atoms with van der Waals surface area (Å²) >= 11 is 12.1. The number of benzene rings is 1. The van der Waals surface area contributed by atoms with Crippen LogP contribution in [0.5, 0.6) is 0 Å². The number of carbonyl (C=O) groups excluding carboxylic acids is 1. The number of nitrogens with one attached hydrogen (secondary N) is 1. The van der Waals surface area contributed by atoms with Gasteiger partial charge in [-0.05, 0) is 25.1 Å². The van der Waals surface area contributed by atoms with E-state index in [1.165, 1.54) is 6.20 Å². The molecule has 0 bridgehead atoms. The number of hydrogen-bond donors (Lipinski definition) is 1. The number of anilines is 1. The van der Waals surface area contributed by atoms with Crippen LogP contribution in [0, 0.1) is 6.92 Å². The number of nitrogens with zero attached hydrogens (tertiary/aromatic N) is 4. The van der Waals surface area contributed by atoms with E-state index in [1.807, 2.05) is 36.9 Å². The Kier molecular flexibility index (Phi) is 4.25. The van der Waals surface area contributed by atoms with E-state index in [0.717, 1.165) is 22.3 Å². The van der Waals surface area contributed by atoms with Crippen molar-refractivity contribution in [1.82, 2.24) is 20.1 Å². The van der Waals surface area contributed by atoms with Gasteiger partial charge >= 0.3 is 0 Å². The third-order valence-corrected chi connectivity index (χ3v) is 5.15. The molecule has 1 fully saturated rings. The van der Waals surface area contributed by atoms with Crippen molar-refractivity contribution in [3.05, 3.63) is 51.9 Å². The van der Waals surface area contributed by atoms with Crippen molar-refractivity contribution in [3.63, 3.8) is 0 Å². The molecule has 1 aliphatic rings. The number of rotatable bonds is 3. The highest BCUT2D eigenvalue weighted by Crippen LogP contribution is 2.30. The van der Waals surface area contributed by atoms with Crippen LogP contribution in [0.3, 0.4) is 0 Å². The first kappa shape index (κ1) is 17.1. The second-order valence-electron chi connectivity index (χ2n) is 6.47. The average molecular weight is 390 g/mol. The van der Waals surface area contributed by atoms with Crippen LogP contribution >= 0.6 is 23.2 Å². The molecule has 6 nitrogen and oxygen atoms in total. The summed E-state index contributed by atoms with van der Waals surface area (Å²) in [4.78, 5) is 18.6. The first-order valence-corrected chi connectivity index (χ1v) is 8.98. The van der Waals surface area contributed by atoms with Gasteiger partial charge in [-0.3, -0.25) is 9.48 Å². The van der Waals surface area contributed by atoms with Crippen LogP contribution in [0.4, 0.5) is 5.69 Å². The highest BCUT2D eigenvalue weighted by molar-refractivity contribution is 6.34. The molecule has 2 aromatic heterocycles. The molecule has 8 heteroatoms. The van der Waals surface area contributed by atoms with E-state index in [2.05, 4.69) is 20.3 Å². The van der Waals surface area contributed by atoms with Gasteiger partial charge in [-0.25, -0.2) is 4.98 Å². The lowest BCUT2D eigenvalue weighted by molar-refractivity contribution is 0.0930. The predicted octanol–water partition coefficient (Wildman–Crippen LogP) is 3.20. The lowest BCUT2D eigenvalue weighted by atomic mass is 10.1. The number of fused-ring (bicyclic) bond motifs is 1. The van der Waals surface area contributed by atoms with Gasteiger partial charge in [0, 0.05) is 43.4 Å². The lowest BCUT2D eigenvalue weighted by Gasteiger charge is -2.41. The largest absolute Gasteiger partial charge is 0.366 e. The van der Waals surface area contributed by atoms with Gasteiger partial charge in [0.2, 0.25) is 0 Å². The molecule has 26 heavy (non-hydrogen) atoms. The van der Waals surface area contributed by atoms with Crippen LogP contribution in [0.1, 0.15) is 16.1 Å². The SMILES string of the molecule is Cc1nn(C)c2ccc(C(=O)NC3CN(c4cc(Cl)ncc4Cl)C3)cc12. The number of halogens is 2. The number of hydrogen-bond acceptors (Lipinski definition) is 4. The van der Waals surface area contributed by atoms with Crippen LogP contribution in [0.25, 0.3) is 10.9 Å². The van der Waals surface area contributed by atoms with Crippen LogP contribution in [0.15, 0.2) is 30.5 Å². The van der Waals surface area contributed by atoms with Gasteiger partial charge in [-0.2, -0.15) is 5.10 Å². The first-order valence-electron chi connectivity index (χ1n) is 8.22. The minimum atomic E-state index is -0.0846. The van der Waals surface area contributed by atoms with Crippen molar-refractivity contribution >= 4 is 45.7 Å². The second kappa shape index (κ2) is 6.45. The number of carbonyl (C=O) groups is 1. The third-order valence-electron chi connectivity index (χ3n) is 4.66. The van der Waals surface area contributed by atoms with Crippen LogP contribution in [0.2, 0.25) is 10.2 Å². The summed E-state index contributed by atoms with van der Waals surface area (Å²) in [6, 6.07) is 7.45. The summed E-state index contributed by atoms with van der Waals surface area (Å²) in [6.45, 7) is 3.30. The molecule has 1 aromatic carbocycles. The molecule has 3 heterocycles. The number of pyridine rings is 1. The molecule has 0 radical (unpaired) electrons. The maximum absolute atomic E-state index is 12.6. The van der Waals surface area contributed by atoms with E-state index in [-0.39, 0.29) is 11.9 Å². The zero-order valence-corrected chi connectivity index (χ0v) is 15.8. The normalized spacial score (nSPS) is 14.5. The molecule has 0 spiro atoms. The summed E-state index contributed by atoms with van der Waals surface area (Å²) in [7, 11) is 1.90. The van der Waals surface area contributed by atoms with E-state index < -0.39 is 0 Å². The Morgan fingerprint density at radius 1 is 1.27 bits per heavy atom. The van der Waals surface area contributed by atoms with Crippen LogP contribution in [-0.4, -0.2) is 39.8 Å². The molecule has 0 aliphatic carbocycles. The van der Waals surface area contributed by atoms with Gasteiger partial charge in [-0.1, -0.05) is 23.2 Å². The maximum Gasteiger partial charge on any atom is 0.251 e. The zero-order valence-electron chi connectivity index (χ0n) is 14.3. The van der Waals surface area contributed by atoms with Gasteiger partial charge in [0.15, 0.2) is 0 Å². The molecule has 0 saturated carbocycles. The van der Waals surface area contributed by atoms with Gasteiger partial charge in [0.25, 0.3) is 5.91 Å². The summed E-state index contributed by atoms with van der Waals surface area (Å²) in [5.74, 6) is -0.0846. The van der Waals surface area contributed by atoms with Crippen molar-refractivity contribution in [2.24, 2.45) is 7.05 Å². The quantitative estimate of drug-likeness (QED) is 0.698. The van der Waals surface area contributed by atoms with Gasteiger partial charge in [-0.15, -0.1) is 0 Å². The Balaban J connectivity index is 1.44. The van der Waals surface area contributed by atoms with E-state index >= 15 is 0 Å². The molecule has 134 valence electrons. The zero-order chi connectivity index (χ0) is 18.4. The third kappa shape index (κ3) is 2.99. The molecule has 1 aliphatic heterocycles. The van der Waals surface area contributed by atoms with E-state index in [0.29, 0.717) is 28.8 Å². The lowest BCUT2D eigenvalue weighted by Crippen LogP contribution is -2.59. The highest BCUT2D eigenvalue weighted by atomic mass is 35.5. The minimum absolute atomic E-state index is 0.0659. The summed E-state index contributed by atoms with van der Waals surface area (Å²) in [6.07, 6.45) is 1.54. The van der Waals surface area contributed by atoms with Crippen molar-refractivity contribution in [2.45, 2.75) is 13.0 Å². The monoisotopic (exact) mass is 389 g/mol. The molecule has 0 unspecified atom stereocenters. The summed E-state index contributed by atoms with van der Waals surface area (Å²) < 4.78 is 1.82. The Labute approximate surface area is 160 Å². The number of amides is 1. The molecular formula is C18H17Cl2N5O. The fraction of sp³-hybridized carbons (Fsp3) is 0.278. The Morgan fingerprint density at radius 2 is 2.04 bits per heavy atom. The van der Waals surface area contributed by atoms with Gasteiger partial charge < -0.3 is 10.2 Å². The van der Waals surface area contributed by atoms with Crippen molar-refractivity contribution in [1.29, 1.82) is 0 Å². The van der Waals surface area contributed by atoms with Crippen molar-refractivity contribution < 1.29 is 4.79 Å². The topological polar surface area (TPSA) is 63.1 Å². The van der Waals surface area contributed by atoms with E-state index in [4.69, 9.17) is 23.2 Å². The summed E-state index contributed by atoms with van der Waals surface area (Å²) in [5, 5.41) is 9.39. The van der Waals surface area contributed by atoms with Gasteiger partial charge in [0.1, 0.15) is 5.15 Å². The van der Waals surface area contributed by atoms with E-state index in [9.17, 15) is 4.79 Å². The molecule has 1 amide bonds. The fourth-order valence-electron chi connectivity index (χ4n) is 3.26. The molecule has 3 aromatic rings. The molecule has 1 N–H and O–H groups in total. The molecule has 0 atom stereocenters. The second-order valence-corrected chi connectivity index (χ2v) is 7.27. The highest BCUT2D eigenvalue weighted by Gasteiger charge is 2.30. The van der Waals surface area contributed by atoms with Crippen LogP contribution in [-0.2, 0) is 7.05 Å². The Morgan fingerprint density at radius 3 is 2.81 bits per heavy atom. The minimum Gasteiger partial charge on any atom is -0.366 e. The average Bonchev–Trinajstić information content (AvgIpc) is 2.87. The standard InChI is InChI=1S/C18H17Cl2N5O/c1-10-13-5-11(3-4-15(13)24(2)23-10)18(26)22-12-8-25(9-12)16-6-17(20)21-7-14(16)19/h3-7,12H,8-9H2,1-2H3,(H,22,26). The van der Waals surface area contributed by atoms with Crippen LogP contribution < -0.4 is 10.2 Å². The van der Waals surface area contributed by atoms with Gasteiger partial charge in [0.05, 0.1) is 28.0 Å². The van der Waals surface area contributed by atoms with Crippen molar-refractivity contribution in [2.75, 3.05) is 18.0 Å². The summed E-state index contributed by atoms with van der Waals surface area (Å²) in [5.41, 5.74) is 3.40. The van der Waals surface area contributed by atoms with E-state index in [1.54, 1.807) is 6.07 Å². The number of aryl methyl sites for hydroxylation is 2. The Bertz CT molecular complexity index is 1010. The number of aromatic nitrogens is 3.